The topological polar surface area (TPSA) is 69.8 Å². The normalized spacial score (nSPS) is 18.2. The molecule has 0 saturated carbocycles. The molecule has 0 unspecified atom stereocenters. The van der Waals surface area contributed by atoms with Crippen molar-refractivity contribution >= 4 is 5.96 Å². The quantitative estimate of drug-likeness (QED) is 0.658. The zero-order valence-corrected chi connectivity index (χ0v) is 15.1. The Bertz CT molecular complexity index is 699. The highest BCUT2D eigenvalue weighted by atomic mass is 16.5. The first-order chi connectivity index (χ1) is 12.2. The molecule has 7 heteroatoms. The molecule has 1 aliphatic rings. The number of likely N-dealkylation sites (N-methyl/N-ethyl adjacent to an activating group) is 1. The first-order valence-corrected chi connectivity index (χ1v) is 8.64. The van der Waals surface area contributed by atoms with Crippen LogP contribution in [0.2, 0.25) is 0 Å². The maximum Gasteiger partial charge on any atom is 0.223 e. The van der Waals surface area contributed by atoms with Gasteiger partial charge in [-0.1, -0.05) is 35.5 Å². The van der Waals surface area contributed by atoms with Gasteiger partial charge in [0.1, 0.15) is 0 Å². The Kier molecular flexibility index (Phi) is 5.65. The zero-order valence-electron chi connectivity index (χ0n) is 15.1. The highest BCUT2D eigenvalue weighted by Crippen LogP contribution is 2.17. The largest absolute Gasteiger partial charge is 0.349 e. The van der Waals surface area contributed by atoms with Gasteiger partial charge in [0, 0.05) is 39.6 Å². The van der Waals surface area contributed by atoms with Crippen LogP contribution in [0.5, 0.6) is 0 Å². The molecule has 25 heavy (non-hydrogen) atoms. The summed E-state index contributed by atoms with van der Waals surface area (Å²) < 4.78 is 5.00. The molecule has 2 heterocycles. The average molecular weight is 342 g/mol. The fourth-order valence-electron chi connectivity index (χ4n) is 3.20. The van der Waals surface area contributed by atoms with Gasteiger partial charge < -0.3 is 14.7 Å². The molecule has 0 amide bonds. The van der Waals surface area contributed by atoms with Gasteiger partial charge in [-0.25, -0.2) is 0 Å². The summed E-state index contributed by atoms with van der Waals surface area (Å²) in [5.74, 6) is 2.12. The van der Waals surface area contributed by atoms with Crippen LogP contribution in [0.3, 0.4) is 0 Å². The van der Waals surface area contributed by atoms with Gasteiger partial charge in [0.15, 0.2) is 11.8 Å². The molecule has 1 atom stereocenters. The summed E-state index contributed by atoms with van der Waals surface area (Å²) in [6.07, 6.45) is 1.13. The van der Waals surface area contributed by atoms with Crippen LogP contribution in [0, 0.1) is 6.92 Å². The van der Waals surface area contributed by atoms with E-state index in [1.165, 1.54) is 5.56 Å². The number of aliphatic imine (C=N–C) groups is 1. The molecule has 1 aliphatic heterocycles. The SMILES string of the molecule is CN=C(NCc1noc(C)n1)N1CC[C@@H](N(C)Cc2ccccc2)C1. The number of nitrogens with one attached hydrogen (secondary N) is 1. The second-order valence-electron chi connectivity index (χ2n) is 6.42. The summed E-state index contributed by atoms with van der Waals surface area (Å²) in [6, 6.07) is 11.1. The number of guanidine groups is 1. The van der Waals surface area contributed by atoms with Crippen molar-refractivity contribution in [2.75, 3.05) is 27.2 Å². The Morgan fingerprint density at radius 1 is 1.40 bits per heavy atom. The molecule has 1 aromatic carbocycles. The summed E-state index contributed by atoms with van der Waals surface area (Å²) in [4.78, 5) is 13.3. The Hall–Kier alpha value is -2.41. The van der Waals surface area contributed by atoms with E-state index in [0.717, 1.165) is 32.0 Å². The molecule has 3 rings (SSSR count). The molecular weight excluding hydrogens is 316 g/mol. The Balaban J connectivity index is 1.51. The monoisotopic (exact) mass is 342 g/mol. The van der Waals surface area contributed by atoms with Crippen LogP contribution in [-0.2, 0) is 13.1 Å². The Morgan fingerprint density at radius 2 is 2.20 bits per heavy atom. The summed E-state index contributed by atoms with van der Waals surface area (Å²) in [6.45, 7) is 5.24. The maximum absolute atomic E-state index is 5.00. The van der Waals surface area contributed by atoms with Crippen LogP contribution >= 0.6 is 0 Å². The number of hydrogen-bond acceptors (Lipinski definition) is 5. The van der Waals surface area contributed by atoms with Crippen molar-refractivity contribution in [1.82, 2.24) is 25.3 Å². The number of benzene rings is 1. The lowest BCUT2D eigenvalue weighted by atomic mass is 10.1. The third kappa shape index (κ3) is 4.57. The van der Waals surface area contributed by atoms with Gasteiger partial charge >= 0.3 is 0 Å². The van der Waals surface area contributed by atoms with Crippen LogP contribution in [0.25, 0.3) is 0 Å². The van der Waals surface area contributed by atoms with E-state index in [0.29, 0.717) is 24.3 Å². The molecule has 0 radical (unpaired) electrons. The number of nitrogens with zero attached hydrogens (tertiary/aromatic N) is 5. The summed E-state index contributed by atoms with van der Waals surface area (Å²) >= 11 is 0. The minimum atomic E-state index is 0.519. The number of hydrogen-bond donors (Lipinski definition) is 1. The van der Waals surface area contributed by atoms with Crippen LogP contribution in [0.1, 0.15) is 23.7 Å². The number of aromatic nitrogens is 2. The predicted octanol–water partition coefficient (Wildman–Crippen LogP) is 1.66. The predicted molar refractivity (Wildman–Crippen MR) is 97.1 cm³/mol. The van der Waals surface area contributed by atoms with E-state index in [1.807, 2.05) is 7.05 Å². The molecule has 0 bridgehead atoms. The molecule has 2 aromatic rings. The first-order valence-electron chi connectivity index (χ1n) is 8.64. The van der Waals surface area contributed by atoms with Gasteiger partial charge in [-0.2, -0.15) is 4.98 Å². The van der Waals surface area contributed by atoms with Crippen molar-refractivity contribution in [3.63, 3.8) is 0 Å². The lowest BCUT2D eigenvalue weighted by Crippen LogP contribution is -2.42. The van der Waals surface area contributed by atoms with Crippen molar-refractivity contribution < 1.29 is 4.52 Å². The van der Waals surface area contributed by atoms with E-state index in [1.54, 1.807) is 6.92 Å². The first kappa shape index (κ1) is 17.4. The van der Waals surface area contributed by atoms with E-state index < -0.39 is 0 Å². The second kappa shape index (κ2) is 8.11. The maximum atomic E-state index is 5.00. The Morgan fingerprint density at radius 3 is 2.88 bits per heavy atom. The molecule has 1 saturated heterocycles. The number of aryl methyl sites for hydroxylation is 1. The van der Waals surface area contributed by atoms with E-state index in [9.17, 15) is 0 Å². The standard InChI is InChI=1S/C18H26N6O/c1-14-21-17(22-25-14)11-20-18(19-2)24-10-9-16(13-24)23(3)12-15-7-5-4-6-8-15/h4-8,16H,9-13H2,1-3H3,(H,19,20)/t16-/m1/s1. The van der Waals surface area contributed by atoms with Crippen molar-refractivity contribution in [2.24, 2.45) is 4.99 Å². The van der Waals surface area contributed by atoms with Crippen molar-refractivity contribution in [3.8, 4) is 0 Å². The number of likely N-dealkylation sites (tertiary alicyclic amines) is 1. The summed E-state index contributed by atoms with van der Waals surface area (Å²) in [7, 11) is 4.00. The van der Waals surface area contributed by atoms with Crippen molar-refractivity contribution in [3.05, 3.63) is 47.6 Å². The molecule has 1 N–H and O–H groups in total. The molecule has 1 fully saturated rings. The third-order valence-electron chi connectivity index (χ3n) is 4.55. The fraction of sp³-hybridized carbons (Fsp3) is 0.500. The van der Waals surface area contributed by atoms with E-state index in [4.69, 9.17) is 4.52 Å². The van der Waals surface area contributed by atoms with Crippen molar-refractivity contribution in [1.29, 1.82) is 0 Å². The minimum Gasteiger partial charge on any atom is -0.349 e. The summed E-state index contributed by atoms with van der Waals surface area (Å²) in [5, 5.41) is 7.23. The molecule has 134 valence electrons. The lowest BCUT2D eigenvalue weighted by Gasteiger charge is -2.26. The molecule has 1 aromatic heterocycles. The lowest BCUT2D eigenvalue weighted by molar-refractivity contribution is 0.240. The van der Waals surface area contributed by atoms with Gasteiger partial charge in [0.05, 0.1) is 6.54 Å². The van der Waals surface area contributed by atoms with E-state index in [2.05, 4.69) is 67.6 Å². The van der Waals surface area contributed by atoms with Crippen LogP contribution in [-0.4, -0.2) is 59.1 Å². The minimum absolute atomic E-state index is 0.519. The fourth-order valence-corrected chi connectivity index (χ4v) is 3.20. The Labute approximate surface area is 148 Å². The zero-order chi connectivity index (χ0) is 17.6. The summed E-state index contributed by atoms with van der Waals surface area (Å²) in [5.41, 5.74) is 1.35. The van der Waals surface area contributed by atoms with E-state index >= 15 is 0 Å². The number of rotatable bonds is 5. The van der Waals surface area contributed by atoms with E-state index in [-0.39, 0.29) is 0 Å². The van der Waals surface area contributed by atoms with Gasteiger partial charge in [-0.15, -0.1) is 0 Å². The smallest absolute Gasteiger partial charge is 0.223 e. The van der Waals surface area contributed by atoms with Crippen molar-refractivity contribution in [2.45, 2.75) is 32.5 Å². The van der Waals surface area contributed by atoms with Gasteiger partial charge in [0.25, 0.3) is 0 Å². The second-order valence-corrected chi connectivity index (χ2v) is 6.42. The highest BCUT2D eigenvalue weighted by molar-refractivity contribution is 5.80. The molecular formula is C18H26N6O. The highest BCUT2D eigenvalue weighted by Gasteiger charge is 2.27. The molecule has 0 aliphatic carbocycles. The van der Waals surface area contributed by atoms with Gasteiger partial charge in [0.2, 0.25) is 5.89 Å². The van der Waals surface area contributed by atoms with Crippen LogP contribution < -0.4 is 5.32 Å². The molecule has 0 spiro atoms. The third-order valence-corrected chi connectivity index (χ3v) is 4.55. The van der Waals surface area contributed by atoms with Crippen LogP contribution in [0.15, 0.2) is 39.8 Å². The molecule has 7 nitrogen and oxygen atoms in total. The average Bonchev–Trinajstić information content (AvgIpc) is 3.26. The van der Waals surface area contributed by atoms with Crippen LogP contribution in [0.4, 0.5) is 0 Å². The van der Waals surface area contributed by atoms with Gasteiger partial charge in [-0.3, -0.25) is 9.89 Å². The van der Waals surface area contributed by atoms with Gasteiger partial charge in [-0.05, 0) is 19.0 Å².